The number of hydrogen-bond donors (Lipinski definition) is 2. The molecule has 27 heavy (non-hydrogen) atoms. The Hall–Kier alpha value is -2.20. The van der Waals surface area contributed by atoms with Crippen molar-refractivity contribution in [2.75, 3.05) is 19.6 Å². The number of benzene rings is 3. The van der Waals surface area contributed by atoms with Gasteiger partial charge in [0.1, 0.15) is 0 Å². The molecule has 0 radical (unpaired) electrons. The van der Waals surface area contributed by atoms with E-state index in [-0.39, 0.29) is 0 Å². The minimum atomic E-state index is -0.754. The third kappa shape index (κ3) is 3.91. The number of β-amino-alcohol motifs (C(OH)–C–C–N with tert-alkyl or cyclic N) is 1. The summed E-state index contributed by atoms with van der Waals surface area (Å²) in [5, 5.41) is 24.1. The molecule has 4 rings (SSSR count). The number of piperidine rings is 1. The predicted octanol–water partition coefficient (Wildman–Crippen LogP) is 4.17. The summed E-state index contributed by atoms with van der Waals surface area (Å²) in [6.45, 7) is 4.23. The first-order valence-electron chi connectivity index (χ1n) is 9.72. The molecule has 2 N–H and O–H groups in total. The van der Waals surface area contributed by atoms with Crippen molar-refractivity contribution in [3.63, 3.8) is 0 Å². The van der Waals surface area contributed by atoms with E-state index in [0.29, 0.717) is 19.4 Å². The van der Waals surface area contributed by atoms with Gasteiger partial charge in [0, 0.05) is 19.6 Å². The van der Waals surface area contributed by atoms with Crippen LogP contribution in [0.2, 0.25) is 0 Å². The molecule has 0 aromatic heterocycles. The second-order valence-electron chi connectivity index (χ2n) is 7.82. The van der Waals surface area contributed by atoms with Gasteiger partial charge in [0.05, 0.1) is 11.7 Å². The second kappa shape index (κ2) is 7.43. The summed E-state index contributed by atoms with van der Waals surface area (Å²) in [5.41, 5.74) is 2.39. The van der Waals surface area contributed by atoms with Crippen LogP contribution in [0, 0.1) is 6.92 Å². The molecule has 1 fully saturated rings. The number of nitrogens with zero attached hydrogens (tertiary/aromatic N) is 1. The first-order chi connectivity index (χ1) is 13.0. The van der Waals surface area contributed by atoms with Crippen molar-refractivity contribution in [1.82, 2.24) is 4.90 Å². The standard InChI is InChI=1S/C24H27NO2/c1-18-5-4-8-22(15-18)24(27)11-13-25(14-12-24)17-23(26)21-10-9-19-6-2-3-7-20(19)16-21/h2-10,15-16,23,26-27H,11-14,17H2,1H3. The molecule has 0 spiro atoms. The topological polar surface area (TPSA) is 43.7 Å². The highest BCUT2D eigenvalue weighted by atomic mass is 16.3. The second-order valence-corrected chi connectivity index (χ2v) is 7.82. The van der Waals surface area contributed by atoms with Crippen LogP contribution < -0.4 is 0 Å². The van der Waals surface area contributed by atoms with Gasteiger partial charge in [-0.25, -0.2) is 0 Å². The Morgan fingerprint density at radius 1 is 0.926 bits per heavy atom. The van der Waals surface area contributed by atoms with Gasteiger partial charge in [-0.3, -0.25) is 0 Å². The average Bonchev–Trinajstić information content (AvgIpc) is 2.69. The molecule has 3 heteroatoms. The number of aliphatic hydroxyl groups is 2. The molecule has 1 aliphatic heterocycles. The molecule has 3 nitrogen and oxygen atoms in total. The van der Waals surface area contributed by atoms with Crippen LogP contribution >= 0.6 is 0 Å². The van der Waals surface area contributed by atoms with Crippen LogP contribution in [0.15, 0.2) is 66.7 Å². The van der Waals surface area contributed by atoms with Crippen LogP contribution in [0.25, 0.3) is 10.8 Å². The van der Waals surface area contributed by atoms with Crippen molar-refractivity contribution >= 4 is 10.8 Å². The number of fused-ring (bicyclic) bond motifs is 1. The largest absolute Gasteiger partial charge is 0.387 e. The molecule has 0 bridgehead atoms. The minimum Gasteiger partial charge on any atom is -0.387 e. The van der Waals surface area contributed by atoms with E-state index in [1.165, 1.54) is 10.9 Å². The lowest BCUT2D eigenvalue weighted by Gasteiger charge is -2.39. The summed E-state index contributed by atoms with van der Waals surface area (Å²) in [4.78, 5) is 2.25. The Morgan fingerprint density at radius 2 is 1.67 bits per heavy atom. The van der Waals surface area contributed by atoms with Crippen LogP contribution in [0.5, 0.6) is 0 Å². The van der Waals surface area contributed by atoms with E-state index in [2.05, 4.69) is 48.2 Å². The summed E-state index contributed by atoms with van der Waals surface area (Å²) in [6, 6.07) is 22.5. The molecule has 0 amide bonds. The van der Waals surface area contributed by atoms with Gasteiger partial charge >= 0.3 is 0 Å². The van der Waals surface area contributed by atoms with Gasteiger partial charge in [-0.15, -0.1) is 0 Å². The van der Waals surface area contributed by atoms with E-state index < -0.39 is 11.7 Å². The molecule has 3 aromatic rings. The number of rotatable bonds is 4. The van der Waals surface area contributed by atoms with Crippen LogP contribution in [-0.4, -0.2) is 34.7 Å². The fourth-order valence-electron chi connectivity index (χ4n) is 4.09. The number of likely N-dealkylation sites (tertiary alicyclic amines) is 1. The Balaban J connectivity index is 1.41. The monoisotopic (exact) mass is 361 g/mol. The lowest BCUT2D eigenvalue weighted by molar-refractivity contribution is -0.0345. The molecule has 1 heterocycles. The van der Waals surface area contributed by atoms with E-state index in [9.17, 15) is 10.2 Å². The summed E-state index contributed by atoms with van der Waals surface area (Å²) < 4.78 is 0. The Labute approximate surface area is 160 Å². The maximum Gasteiger partial charge on any atom is 0.0921 e. The van der Waals surface area contributed by atoms with Crippen molar-refractivity contribution in [1.29, 1.82) is 0 Å². The van der Waals surface area contributed by atoms with Gasteiger partial charge in [-0.05, 0) is 47.7 Å². The van der Waals surface area contributed by atoms with E-state index in [0.717, 1.165) is 29.6 Å². The SMILES string of the molecule is Cc1cccc(C2(O)CCN(CC(O)c3ccc4ccccc4c3)CC2)c1. The lowest BCUT2D eigenvalue weighted by atomic mass is 9.84. The van der Waals surface area contributed by atoms with Gasteiger partial charge < -0.3 is 15.1 Å². The van der Waals surface area contributed by atoms with Gasteiger partial charge in [-0.1, -0.05) is 66.2 Å². The van der Waals surface area contributed by atoms with Gasteiger partial charge in [0.25, 0.3) is 0 Å². The summed E-state index contributed by atoms with van der Waals surface area (Å²) >= 11 is 0. The van der Waals surface area contributed by atoms with E-state index >= 15 is 0 Å². The molecule has 0 aliphatic carbocycles. The van der Waals surface area contributed by atoms with Gasteiger partial charge in [0.15, 0.2) is 0 Å². The maximum atomic E-state index is 11.1. The Morgan fingerprint density at radius 3 is 2.41 bits per heavy atom. The molecular formula is C24H27NO2. The molecule has 1 atom stereocenters. The highest BCUT2D eigenvalue weighted by Crippen LogP contribution is 2.34. The molecule has 140 valence electrons. The van der Waals surface area contributed by atoms with E-state index in [1.54, 1.807) is 0 Å². The summed E-state index contributed by atoms with van der Waals surface area (Å²) in [6.07, 6.45) is 0.877. The zero-order chi connectivity index (χ0) is 18.9. The first-order valence-corrected chi connectivity index (χ1v) is 9.72. The molecule has 1 aliphatic rings. The van der Waals surface area contributed by atoms with E-state index in [4.69, 9.17) is 0 Å². The number of aliphatic hydroxyl groups excluding tert-OH is 1. The van der Waals surface area contributed by atoms with Crippen molar-refractivity contribution in [3.8, 4) is 0 Å². The molecule has 1 saturated heterocycles. The van der Waals surface area contributed by atoms with Crippen molar-refractivity contribution in [3.05, 3.63) is 83.4 Å². The van der Waals surface area contributed by atoms with Crippen LogP contribution in [0.4, 0.5) is 0 Å². The smallest absolute Gasteiger partial charge is 0.0921 e. The fourth-order valence-corrected chi connectivity index (χ4v) is 4.09. The Bertz CT molecular complexity index is 928. The average molecular weight is 361 g/mol. The Kier molecular flexibility index (Phi) is 5.00. The number of aryl methyl sites for hydroxylation is 1. The molecule has 0 saturated carbocycles. The highest BCUT2D eigenvalue weighted by molar-refractivity contribution is 5.83. The van der Waals surface area contributed by atoms with Gasteiger partial charge in [-0.2, -0.15) is 0 Å². The van der Waals surface area contributed by atoms with Crippen molar-refractivity contribution in [2.24, 2.45) is 0 Å². The quantitative estimate of drug-likeness (QED) is 0.733. The minimum absolute atomic E-state index is 0.514. The normalized spacial score (nSPS) is 18.5. The predicted molar refractivity (Wildman–Crippen MR) is 110 cm³/mol. The van der Waals surface area contributed by atoms with Crippen LogP contribution in [0.1, 0.15) is 35.6 Å². The molecular weight excluding hydrogens is 334 g/mol. The molecule has 3 aromatic carbocycles. The lowest BCUT2D eigenvalue weighted by Crippen LogP contribution is -2.44. The summed E-state index contributed by atoms with van der Waals surface area (Å²) in [7, 11) is 0. The molecule has 1 unspecified atom stereocenters. The zero-order valence-electron chi connectivity index (χ0n) is 15.8. The zero-order valence-corrected chi connectivity index (χ0v) is 15.8. The van der Waals surface area contributed by atoms with Gasteiger partial charge in [0.2, 0.25) is 0 Å². The summed E-state index contributed by atoms with van der Waals surface area (Å²) in [5.74, 6) is 0. The van der Waals surface area contributed by atoms with Crippen LogP contribution in [-0.2, 0) is 5.60 Å². The highest BCUT2D eigenvalue weighted by Gasteiger charge is 2.34. The third-order valence-corrected chi connectivity index (χ3v) is 5.83. The van der Waals surface area contributed by atoms with Crippen molar-refractivity contribution in [2.45, 2.75) is 31.5 Å². The number of hydrogen-bond acceptors (Lipinski definition) is 3. The van der Waals surface area contributed by atoms with Crippen LogP contribution in [0.3, 0.4) is 0 Å². The fraction of sp³-hybridized carbons (Fsp3) is 0.333. The van der Waals surface area contributed by atoms with E-state index in [1.807, 2.05) is 30.3 Å². The first kappa shape index (κ1) is 18.2. The maximum absolute atomic E-state index is 11.1. The van der Waals surface area contributed by atoms with Crippen molar-refractivity contribution < 1.29 is 10.2 Å². The third-order valence-electron chi connectivity index (χ3n) is 5.83.